The number of fused-ring (bicyclic) bond motifs is 1. The highest BCUT2D eigenvalue weighted by Crippen LogP contribution is 2.33. The van der Waals surface area contributed by atoms with Gasteiger partial charge in [-0.05, 0) is 35.9 Å². The Kier molecular flexibility index (Phi) is 7.26. The number of anilines is 1. The number of hydrogen-bond acceptors (Lipinski definition) is 5. The van der Waals surface area contributed by atoms with Crippen LogP contribution in [0.2, 0.25) is 0 Å². The summed E-state index contributed by atoms with van der Waals surface area (Å²) >= 11 is 0. The van der Waals surface area contributed by atoms with E-state index < -0.39 is 6.10 Å². The van der Waals surface area contributed by atoms with Crippen molar-refractivity contribution in [2.45, 2.75) is 12.5 Å². The summed E-state index contributed by atoms with van der Waals surface area (Å²) in [4.78, 5) is 38.4. The molecule has 31 heavy (non-hydrogen) atoms. The monoisotopic (exact) mass is 423 g/mol. The van der Waals surface area contributed by atoms with Gasteiger partial charge in [-0.1, -0.05) is 24.3 Å². The number of carbonyl (C=O) groups excluding carboxylic acids is 3. The first-order valence-corrected chi connectivity index (χ1v) is 9.89. The van der Waals surface area contributed by atoms with Gasteiger partial charge < -0.3 is 25.0 Å². The van der Waals surface area contributed by atoms with Gasteiger partial charge in [0.25, 0.3) is 5.91 Å². The van der Waals surface area contributed by atoms with Gasteiger partial charge in [0.1, 0.15) is 11.5 Å². The number of likely N-dealkylation sites (N-methyl/N-ethyl adjacent to an activating group) is 1. The Bertz CT molecular complexity index is 971. The van der Waals surface area contributed by atoms with E-state index >= 15 is 0 Å². The second-order valence-electron chi connectivity index (χ2n) is 6.84. The summed E-state index contributed by atoms with van der Waals surface area (Å²) in [7, 11) is 3.11. The summed E-state index contributed by atoms with van der Waals surface area (Å²) in [5.74, 6) is 0.410. The van der Waals surface area contributed by atoms with Crippen LogP contribution < -0.4 is 25.0 Å². The highest BCUT2D eigenvalue weighted by atomic mass is 16.5. The lowest BCUT2D eigenvalue weighted by molar-refractivity contribution is -0.127. The van der Waals surface area contributed by atoms with Crippen molar-refractivity contribution in [3.05, 3.63) is 60.2 Å². The van der Waals surface area contributed by atoms with Crippen molar-refractivity contribution in [1.29, 1.82) is 0 Å². The Morgan fingerprint density at radius 1 is 1.16 bits per heavy atom. The molecule has 8 nitrogen and oxygen atoms in total. The molecule has 162 valence electrons. The predicted octanol–water partition coefficient (Wildman–Crippen LogP) is 1.75. The van der Waals surface area contributed by atoms with Crippen molar-refractivity contribution in [2.24, 2.45) is 0 Å². The molecule has 1 aliphatic heterocycles. The maximum atomic E-state index is 12.8. The number of nitrogens with zero attached hydrogens (tertiary/aromatic N) is 1. The first kappa shape index (κ1) is 21.9. The predicted molar refractivity (Wildman–Crippen MR) is 117 cm³/mol. The van der Waals surface area contributed by atoms with Crippen LogP contribution in [0, 0.1) is 0 Å². The van der Waals surface area contributed by atoms with Crippen molar-refractivity contribution < 1.29 is 23.9 Å². The van der Waals surface area contributed by atoms with Crippen molar-refractivity contribution in [1.82, 2.24) is 10.6 Å². The van der Waals surface area contributed by atoms with E-state index in [9.17, 15) is 14.4 Å². The number of hydrogen-bond donors (Lipinski definition) is 2. The largest absolute Gasteiger partial charge is 0.497 e. The summed E-state index contributed by atoms with van der Waals surface area (Å²) in [6.07, 6.45) is 2.41. The third-order valence-corrected chi connectivity index (χ3v) is 4.79. The van der Waals surface area contributed by atoms with Crippen LogP contribution in [-0.2, 0) is 14.4 Å². The van der Waals surface area contributed by atoms with Gasteiger partial charge in [-0.2, -0.15) is 0 Å². The Morgan fingerprint density at radius 3 is 2.61 bits per heavy atom. The maximum absolute atomic E-state index is 12.8. The van der Waals surface area contributed by atoms with E-state index in [0.29, 0.717) is 11.4 Å². The van der Waals surface area contributed by atoms with Crippen molar-refractivity contribution in [3.63, 3.8) is 0 Å². The summed E-state index contributed by atoms with van der Waals surface area (Å²) in [5, 5.41) is 5.25. The van der Waals surface area contributed by atoms with Crippen LogP contribution in [-0.4, -0.2) is 51.1 Å². The Hall–Kier alpha value is -3.81. The van der Waals surface area contributed by atoms with Gasteiger partial charge in [-0.3, -0.25) is 14.4 Å². The SMILES string of the molecule is CNC(=O)[C@H]1CN(C(=O)CCNC(=O)/C=C/c2ccc(OC)cc2)c2ccccc2O1. The van der Waals surface area contributed by atoms with Crippen molar-refractivity contribution >= 4 is 29.5 Å². The fourth-order valence-electron chi connectivity index (χ4n) is 3.14. The van der Waals surface area contributed by atoms with Crippen LogP contribution in [0.1, 0.15) is 12.0 Å². The molecule has 0 saturated carbocycles. The molecule has 3 rings (SSSR count). The molecule has 2 aromatic carbocycles. The van der Waals surface area contributed by atoms with E-state index in [1.165, 1.54) is 18.0 Å². The Balaban J connectivity index is 1.55. The van der Waals surface area contributed by atoms with E-state index in [1.54, 1.807) is 37.5 Å². The van der Waals surface area contributed by atoms with E-state index in [-0.39, 0.29) is 37.2 Å². The molecule has 0 fully saturated rings. The molecule has 0 spiro atoms. The second kappa shape index (κ2) is 10.3. The van der Waals surface area contributed by atoms with Crippen LogP contribution >= 0.6 is 0 Å². The lowest BCUT2D eigenvalue weighted by atomic mass is 10.1. The Morgan fingerprint density at radius 2 is 1.90 bits per heavy atom. The summed E-state index contributed by atoms with van der Waals surface area (Å²) in [5.41, 5.74) is 1.47. The summed E-state index contributed by atoms with van der Waals surface area (Å²) < 4.78 is 10.8. The molecule has 2 aromatic rings. The van der Waals surface area contributed by atoms with E-state index in [2.05, 4.69) is 10.6 Å². The van der Waals surface area contributed by atoms with Gasteiger partial charge in [0, 0.05) is 26.1 Å². The van der Waals surface area contributed by atoms with Gasteiger partial charge >= 0.3 is 0 Å². The van der Waals surface area contributed by atoms with Crippen LogP contribution in [0.3, 0.4) is 0 Å². The fourth-order valence-corrected chi connectivity index (χ4v) is 3.14. The number of carbonyl (C=O) groups is 3. The summed E-state index contributed by atoms with van der Waals surface area (Å²) in [6.45, 7) is 0.287. The number of benzene rings is 2. The van der Waals surface area contributed by atoms with Crippen LogP contribution in [0.4, 0.5) is 5.69 Å². The molecular formula is C23H25N3O5. The molecule has 1 atom stereocenters. The quantitative estimate of drug-likeness (QED) is 0.662. The van der Waals surface area contributed by atoms with Crippen LogP contribution in [0.25, 0.3) is 6.08 Å². The number of para-hydroxylation sites is 2. The van der Waals surface area contributed by atoms with Gasteiger partial charge in [-0.15, -0.1) is 0 Å². The molecule has 0 radical (unpaired) electrons. The zero-order valence-electron chi connectivity index (χ0n) is 17.5. The average Bonchev–Trinajstić information content (AvgIpc) is 2.81. The molecular weight excluding hydrogens is 398 g/mol. The third kappa shape index (κ3) is 5.63. The molecule has 0 aliphatic carbocycles. The highest BCUT2D eigenvalue weighted by Gasteiger charge is 2.32. The molecule has 0 unspecified atom stereocenters. The number of ether oxygens (including phenoxy) is 2. The average molecular weight is 423 g/mol. The minimum absolute atomic E-state index is 0.0942. The zero-order chi connectivity index (χ0) is 22.2. The number of rotatable bonds is 7. The molecule has 3 amide bonds. The number of amides is 3. The minimum Gasteiger partial charge on any atom is -0.497 e. The topological polar surface area (TPSA) is 97.0 Å². The first-order valence-electron chi connectivity index (χ1n) is 9.89. The van der Waals surface area contributed by atoms with E-state index in [1.807, 2.05) is 24.3 Å². The zero-order valence-corrected chi connectivity index (χ0v) is 17.5. The van der Waals surface area contributed by atoms with Gasteiger partial charge in [-0.25, -0.2) is 0 Å². The standard InChI is InChI=1S/C23H25N3O5/c1-24-23(29)20-15-26(18-5-3-4-6-19(18)31-20)22(28)13-14-25-21(27)12-9-16-7-10-17(30-2)11-8-16/h3-12,20H,13-15H2,1-2H3,(H,24,29)(H,25,27)/b12-9+/t20-/m1/s1. The normalized spacial score (nSPS) is 15.0. The van der Waals surface area contributed by atoms with Gasteiger partial charge in [0.05, 0.1) is 19.3 Å². The van der Waals surface area contributed by atoms with Gasteiger partial charge in [0.2, 0.25) is 11.8 Å². The molecule has 8 heteroatoms. The molecule has 1 heterocycles. The molecule has 0 bridgehead atoms. The van der Waals surface area contributed by atoms with Crippen molar-refractivity contribution in [2.75, 3.05) is 32.1 Å². The summed E-state index contributed by atoms with van der Waals surface area (Å²) in [6, 6.07) is 14.4. The first-order chi connectivity index (χ1) is 15.0. The van der Waals surface area contributed by atoms with E-state index in [0.717, 1.165) is 11.3 Å². The molecule has 2 N–H and O–H groups in total. The Labute approximate surface area is 180 Å². The lowest BCUT2D eigenvalue weighted by Gasteiger charge is -2.34. The minimum atomic E-state index is -0.786. The second-order valence-corrected chi connectivity index (χ2v) is 6.84. The lowest BCUT2D eigenvalue weighted by Crippen LogP contribution is -2.50. The number of nitrogens with one attached hydrogen (secondary N) is 2. The molecule has 1 aliphatic rings. The third-order valence-electron chi connectivity index (χ3n) is 4.79. The van der Waals surface area contributed by atoms with Crippen molar-refractivity contribution in [3.8, 4) is 11.5 Å². The van der Waals surface area contributed by atoms with Crippen LogP contribution in [0.5, 0.6) is 11.5 Å². The van der Waals surface area contributed by atoms with Gasteiger partial charge in [0.15, 0.2) is 6.10 Å². The fraction of sp³-hybridized carbons (Fsp3) is 0.261. The van der Waals surface area contributed by atoms with Crippen LogP contribution in [0.15, 0.2) is 54.6 Å². The van der Waals surface area contributed by atoms with E-state index in [4.69, 9.17) is 9.47 Å². The smallest absolute Gasteiger partial charge is 0.262 e. The maximum Gasteiger partial charge on any atom is 0.262 e. The molecule has 0 aromatic heterocycles. The molecule has 0 saturated heterocycles. The highest BCUT2D eigenvalue weighted by molar-refractivity contribution is 5.98. The number of methoxy groups -OCH3 is 1.